The van der Waals surface area contributed by atoms with E-state index in [0.717, 1.165) is 26.1 Å². The van der Waals surface area contributed by atoms with Crippen LogP contribution < -0.4 is 0 Å². The number of rotatable bonds is 14. The van der Waals surface area contributed by atoms with E-state index < -0.39 is 0 Å². The van der Waals surface area contributed by atoms with Crippen LogP contribution in [0.15, 0.2) is 17.9 Å². The summed E-state index contributed by atoms with van der Waals surface area (Å²) < 4.78 is 5.57. The number of hydrogen-bond donors (Lipinski definition) is 0. The summed E-state index contributed by atoms with van der Waals surface area (Å²) in [6, 6.07) is 0. The van der Waals surface area contributed by atoms with Gasteiger partial charge >= 0.3 is 0 Å². The van der Waals surface area contributed by atoms with Crippen LogP contribution in [0.4, 0.5) is 0 Å². The van der Waals surface area contributed by atoms with Gasteiger partial charge in [-0.15, -0.1) is 17.3 Å². The van der Waals surface area contributed by atoms with Gasteiger partial charge in [0.25, 0.3) is 0 Å². The highest BCUT2D eigenvalue weighted by atomic mass is 35.5. The number of ether oxygens (including phenoxy) is 1. The van der Waals surface area contributed by atoms with Crippen molar-refractivity contribution < 1.29 is 4.74 Å². The second-order valence-corrected chi connectivity index (χ2v) is 5.31. The molecule has 0 saturated carbocycles. The summed E-state index contributed by atoms with van der Waals surface area (Å²) in [5, 5.41) is 0. The van der Waals surface area contributed by atoms with E-state index in [4.69, 9.17) is 16.3 Å². The second-order valence-electron chi connectivity index (χ2n) is 4.93. The van der Waals surface area contributed by atoms with Crippen LogP contribution >= 0.6 is 11.6 Å². The lowest BCUT2D eigenvalue weighted by Gasteiger charge is -2.02. The van der Waals surface area contributed by atoms with Gasteiger partial charge in [-0.25, -0.2) is 0 Å². The first-order chi connectivity index (χ1) is 9.41. The van der Waals surface area contributed by atoms with E-state index in [-0.39, 0.29) is 0 Å². The average molecular weight is 287 g/mol. The van der Waals surface area contributed by atoms with Gasteiger partial charge in [-0.3, -0.25) is 0 Å². The quantitative estimate of drug-likeness (QED) is 0.220. The number of halogens is 1. The van der Waals surface area contributed by atoms with Gasteiger partial charge in [0, 0.05) is 12.5 Å². The zero-order valence-corrected chi connectivity index (χ0v) is 13.4. The molecular formula is C17H31ClO. The van der Waals surface area contributed by atoms with Crippen molar-refractivity contribution in [1.29, 1.82) is 0 Å². The molecule has 0 bridgehead atoms. The van der Waals surface area contributed by atoms with Crippen molar-refractivity contribution >= 4 is 11.6 Å². The van der Waals surface area contributed by atoms with Crippen molar-refractivity contribution in [2.45, 2.75) is 71.1 Å². The molecule has 0 atom stereocenters. The summed E-state index contributed by atoms with van der Waals surface area (Å²) in [6.45, 7) is 3.99. The molecule has 2 heteroatoms. The van der Waals surface area contributed by atoms with Gasteiger partial charge in [-0.1, -0.05) is 51.9 Å². The molecule has 0 spiro atoms. The fourth-order valence-corrected chi connectivity index (χ4v) is 2.00. The highest BCUT2D eigenvalue weighted by Gasteiger charge is 1.91. The molecule has 1 nitrogen and oxygen atoms in total. The summed E-state index contributed by atoms with van der Waals surface area (Å²) in [5.41, 5.74) is 3.11. The van der Waals surface area contributed by atoms with E-state index in [2.05, 4.69) is 12.7 Å². The van der Waals surface area contributed by atoms with Crippen molar-refractivity contribution in [3.8, 4) is 0 Å². The molecule has 0 aliphatic heterocycles. The third-order valence-electron chi connectivity index (χ3n) is 3.04. The Morgan fingerprint density at radius 1 is 0.842 bits per heavy atom. The summed E-state index contributed by atoms with van der Waals surface area (Å²) in [5.74, 6) is 0.676. The van der Waals surface area contributed by atoms with Crippen LogP contribution in [0.2, 0.25) is 0 Å². The van der Waals surface area contributed by atoms with Gasteiger partial charge in [0.05, 0.1) is 6.61 Å². The molecule has 0 rings (SSSR count). The van der Waals surface area contributed by atoms with Gasteiger partial charge in [0.2, 0.25) is 0 Å². The smallest absolute Gasteiger partial charge is 0.0506 e. The summed E-state index contributed by atoms with van der Waals surface area (Å²) in [6.07, 6.45) is 16.7. The first-order valence-electron chi connectivity index (χ1n) is 7.95. The lowest BCUT2D eigenvalue weighted by Crippen LogP contribution is -1.95. The molecule has 112 valence electrons. The van der Waals surface area contributed by atoms with E-state index >= 15 is 0 Å². The Balaban J connectivity index is 3.04. The molecule has 0 radical (unpaired) electrons. The molecule has 0 aliphatic carbocycles. The fourth-order valence-electron chi connectivity index (χ4n) is 1.89. The van der Waals surface area contributed by atoms with Crippen molar-refractivity contribution in [3.05, 3.63) is 17.9 Å². The first kappa shape index (κ1) is 18.8. The van der Waals surface area contributed by atoms with E-state index in [1.165, 1.54) is 51.4 Å². The van der Waals surface area contributed by atoms with Crippen LogP contribution in [0.5, 0.6) is 0 Å². The Kier molecular flexibility index (Phi) is 17.6. The predicted molar refractivity (Wildman–Crippen MR) is 86.0 cm³/mol. The molecule has 0 aromatic carbocycles. The molecule has 0 N–H and O–H groups in total. The summed E-state index contributed by atoms with van der Waals surface area (Å²) in [7, 11) is 0. The van der Waals surface area contributed by atoms with Crippen LogP contribution in [0.1, 0.15) is 71.1 Å². The van der Waals surface area contributed by atoms with Crippen molar-refractivity contribution in [3.63, 3.8) is 0 Å². The molecule has 19 heavy (non-hydrogen) atoms. The minimum atomic E-state index is 0.676. The molecule has 0 fully saturated rings. The minimum absolute atomic E-state index is 0.676. The number of alkyl halides is 1. The van der Waals surface area contributed by atoms with Crippen LogP contribution in [0, 0.1) is 0 Å². The third-order valence-corrected chi connectivity index (χ3v) is 3.26. The Morgan fingerprint density at radius 2 is 1.47 bits per heavy atom. The Morgan fingerprint density at radius 3 is 2.16 bits per heavy atom. The first-order valence-corrected chi connectivity index (χ1v) is 8.48. The lowest BCUT2D eigenvalue weighted by atomic mass is 10.1. The predicted octanol–water partition coefficient (Wildman–Crippen LogP) is 5.87. The highest BCUT2D eigenvalue weighted by Crippen LogP contribution is 2.08. The molecule has 0 heterocycles. The third kappa shape index (κ3) is 17.8. The van der Waals surface area contributed by atoms with Crippen LogP contribution in [0.25, 0.3) is 0 Å². The van der Waals surface area contributed by atoms with Crippen molar-refractivity contribution in [1.82, 2.24) is 0 Å². The van der Waals surface area contributed by atoms with Gasteiger partial charge in [-0.05, 0) is 31.4 Å². The van der Waals surface area contributed by atoms with E-state index in [9.17, 15) is 0 Å². The maximum absolute atomic E-state index is 5.57. The van der Waals surface area contributed by atoms with Gasteiger partial charge in [0.1, 0.15) is 0 Å². The average Bonchev–Trinajstić information content (AvgIpc) is 2.43. The van der Waals surface area contributed by atoms with Gasteiger partial charge < -0.3 is 4.74 Å². The van der Waals surface area contributed by atoms with E-state index in [0.29, 0.717) is 5.88 Å². The zero-order chi connectivity index (χ0) is 14.0. The van der Waals surface area contributed by atoms with Crippen LogP contribution in [-0.2, 0) is 4.74 Å². The molecule has 0 aromatic heterocycles. The van der Waals surface area contributed by atoms with Crippen LogP contribution in [-0.4, -0.2) is 19.1 Å². The highest BCUT2D eigenvalue weighted by molar-refractivity contribution is 6.17. The maximum atomic E-state index is 5.57. The topological polar surface area (TPSA) is 9.23 Å². The second kappa shape index (κ2) is 17.8. The van der Waals surface area contributed by atoms with E-state index in [1.54, 1.807) is 0 Å². The zero-order valence-electron chi connectivity index (χ0n) is 12.6. The Labute approximate surface area is 125 Å². The van der Waals surface area contributed by atoms with Gasteiger partial charge in [-0.2, -0.15) is 0 Å². The standard InChI is InChI=1S/C17H31ClO/c1-2-3-4-5-6-7-10-13-16-19-17-14-11-8-9-12-15-18/h9,11H,2-7,10,12-17H2,1H3. The van der Waals surface area contributed by atoms with Crippen molar-refractivity contribution in [2.75, 3.05) is 19.1 Å². The fraction of sp³-hybridized carbons (Fsp3) is 0.824. The lowest BCUT2D eigenvalue weighted by molar-refractivity contribution is 0.134. The SMILES string of the molecule is CCCCCCCCCCOCCC=C=CCCCl. The summed E-state index contributed by atoms with van der Waals surface area (Å²) in [4.78, 5) is 0. The minimum Gasteiger partial charge on any atom is -0.381 e. The number of hydrogen-bond acceptors (Lipinski definition) is 1. The Hall–Kier alpha value is -0.230. The Bertz CT molecular complexity index is 219. The molecule has 0 aliphatic rings. The monoisotopic (exact) mass is 286 g/mol. The van der Waals surface area contributed by atoms with Gasteiger partial charge in [0.15, 0.2) is 0 Å². The molecular weight excluding hydrogens is 256 g/mol. The molecule has 0 aromatic rings. The molecule has 0 saturated heterocycles. The summed E-state index contributed by atoms with van der Waals surface area (Å²) >= 11 is 5.55. The van der Waals surface area contributed by atoms with Crippen molar-refractivity contribution in [2.24, 2.45) is 0 Å². The van der Waals surface area contributed by atoms with E-state index in [1.807, 2.05) is 12.2 Å². The van der Waals surface area contributed by atoms with Crippen LogP contribution in [0.3, 0.4) is 0 Å². The molecule has 0 amide bonds. The normalized spacial score (nSPS) is 10.2. The largest absolute Gasteiger partial charge is 0.381 e. The maximum Gasteiger partial charge on any atom is 0.0506 e. The molecule has 0 unspecified atom stereocenters. The number of unbranched alkanes of at least 4 members (excludes halogenated alkanes) is 7.